The number of nitrogens with zero attached hydrogens (tertiary/aromatic N) is 3. The average Bonchev–Trinajstić information content (AvgIpc) is 2.28. The summed E-state index contributed by atoms with van der Waals surface area (Å²) in [4.78, 5) is 11.0. The van der Waals surface area contributed by atoms with Crippen molar-refractivity contribution in [1.29, 1.82) is 0 Å². The molecule has 3 nitrogen and oxygen atoms in total. The monoisotopic (exact) mass is 235 g/mol. The number of aryl methyl sites for hydroxylation is 4. The molecule has 0 saturated carbocycles. The van der Waals surface area contributed by atoms with Gasteiger partial charge in [0.05, 0.1) is 22.8 Å². The average molecular weight is 235 g/mol. The highest BCUT2D eigenvalue weighted by Crippen LogP contribution is 2.05. The molecule has 1 aliphatic heterocycles. The van der Waals surface area contributed by atoms with Gasteiger partial charge in [-0.2, -0.15) is 0 Å². The van der Waals surface area contributed by atoms with Gasteiger partial charge in [-0.25, -0.2) is 0 Å². The smallest absolute Gasteiger partial charge is 0.0588 e. The van der Waals surface area contributed by atoms with Gasteiger partial charge >= 0.3 is 0 Å². The molecule has 0 aliphatic carbocycles. The van der Waals surface area contributed by atoms with Crippen LogP contribution in [0.2, 0.25) is 0 Å². The normalized spacial score (nSPS) is 16.3. The maximum absolute atomic E-state index is 4.31. The minimum absolute atomic E-state index is 1.03. The Kier molecular flexibility index (Phi) is 5.56. The molecule has 0 atom stereocenters. The van der Waals surface area contributed by atoms with Crippen LogP contribution < -0.4 is 0 Å². The van der Waals surface area contributed by atoms with E-state index in [1.165, 1.54) is 32.4 Å². The van der Waals surface area contributed by atoms with Gasteiger partial charge in [0.15, 0.2) is 0 Å². The lowest BCUT2D eigenvalue weighted by Crippen LogP contribution is -2.24. The maximum Gasteiger partial charge on any atom is 0.0588 e. The molecule has 96 valence electrons. The fraction of sp³-hybridized carbons (Fsp3) is 0.714. The summed E-state index contributed by atoms with van der Waals surface area (Å²) in [6.07, 6.45) is 4.28. The van der Waals surface area contributed by atoms with Crippen LogP contribution in [0.4, 0.5) is 0 Å². The Bertz CT molecular complexity index is 304. The SMILES string of the molecule is CN1CCCCC1.Cc1nc(C)c(C)nc1C. The van der Waals surface area contributed by atoms with Crippen LogP contribution in [-0.2, 0) is 0 Å². The molecule has 1 aromatic rings. The summed E-state index contributed by atoms with van der Waals surface area (Å²) in [6, 6.07) is 0. The highest BCUT2D eigenvalue weighted by Gasteiger charge is 2.02. The second kappa shape index (κ2) is 6.70. The first-order valence-corrected chi connectivity index (χ1v) is 6.47. The van der Waals surface area contributed by atoms with E-state index < -0.39 is 0 Å². The van der Waals surface area contributed by atoms with Crippen LogP contribution in [0.5, 0.6) is 0 Å². The van der Waals surface area contributed by atoms with Gasteiger partial charge in [0, 0.05) is 0 Å². The van der Waals surface area contributed by atoms with E-state index in [9.17, 15) is 0 Å². The van der Waals surface area contributed by atoms with Crippen LogP contribution in [0.15, 0.2) is 0 Å². The second-order valence-corrected chi connectivity index (χ2v) is 4.93. The predicted octanol–water partition coefficient (Wildman–Crippen LogP) is 2.81. The van der Waals surface area contributed by atoms with Crippen molar-refractivity contribution in [2.45, 2.75) is 47.0 Å². The van der Waals surface area contributed by atoms with Crippen molar-refractivity contribution in [3.8, 4) is 0 Å². The van der Waals surface area contributed by atoms with E-state index in [0.29, 0.717) is 0 Å². The maximum atomic E-state index is 4.31. The lowest BCUT2D eigenvalue weighted by molar-refractivity contribution is 0.277. The third-order valence-corrected chi connectivity index (χ3v) is 3.30. The van der Waals surface area contributed by atoms with E-state index in [1.54, 1.807) is 0 Å². The van der Waals surface area contributed by atoms with Crippen LogP contribution in [-0.4, -0.2) is 35.0 Å². The van der Waals surface area contributed by atoms with Crippen LogP contribution in [0.25, 0.3) is 0 Å². The molecular formula is C14H25N3. The molecule has 1 saturated heterocycles. The zero-order valence-electron chi connectivity index (χ0n) is 11.9. The molecular weight excluding hydrogens is 210 g/mol. The lowest BCUT2D eigenvalue weighted by Gasteiger charge is -2.20. The lowest BCUT2D eigenvalue weighted by atomic mass is 10.1. The second-order valence-electron chi connectivity index (χ2n) is 4.93. The Hall–Kier alpha value is -0.960. The largest absolute Gasteiger partial charge is 0.306 e. The Morgan fingerprint density at radius 2 is 1.06 bits per heavy atom. The number of aromatic nitrogens is 2. The molecule has 1 aliphatic rings. The van der Waals surface area contributed by atoms with Crippen molar-refractivity contribution < 1.29 is 0 Å². The number of hydrogen-bond donors (Lipinski definition) is 0. The molecule has 0 radical (unpaired) electrons. The summed E-state index contributed by atoms with van der Waals surface area (Å²) in [5.41, 5.74) is 4.12. The minimum Gasteiger partial charge on any atom is -0.306 e. The molecule has 0 bridgehead atoms. The Morgan fingerprint density at radius 1 is 0.706 bits per heavy atom. The van der Waals surface area contributed by atoms with Gasteiger partial charge in [0.2, 0.25) is 0 Å². The van der Waals surface area contributed by atoms with E-state index in [4.69, 9.17) is 0 Å². The van der Waals surface area contributed by atoms with Crippen LogP contribution in [0.1, 0.15) is 42.0 Å². The van der Waals surface area contributed by atoms with Gasteiger partial charge in [-0.3, -0.25) is 9.97 Å². The third-order valence-electron chi connectivity index (χ3n) is 3.30. The zero-order chi connectivity index (χ0) is 12.8. The van der Waals surface area contributed by atoms with Crippen molar-refractivity contribution >= 4 is 0 Å². The number of rotatable bonds is 0. The summed E-state index contributed by atoms with van der Waals surface area (Å²) in [6.45, 7) is 10.6. The molecule has 2 rings (SSSR count). The van der Waals surface area contributed by atoms with E-state index >= 15 is 0 Å². The van der Waals surface area contributed by atoms with Crippen molar-refractivity contribution in [2.24, 2.45) is 0 Å². The fourth-order valence-corrected chi connectivity index (χ4v) is 1.88. The van der Waals surface area contributed by atoms with Crippen molar-refractivity contribution in [3.63, 3.8) is 0 Å². The van der Waals surface area contributed by atoms with Crippen LogP contribution in [0.3, 0.4) is 0 Å². The molecule has 0 N–H and O–H groups in total. The fourth-order valence-electron chi connectivity index (χ4n) is 1.88. The predicted molar refractivity (Wildman–Crippen MR) is 72.3 cm³/mol. The highest BCUT2D eigenvalue weighted by molar-refractivity contribution is 5.16. The molecule has 1 fully saturated rings. The summed E-state index contributed by atoms with van der Waals surface area (Å²) in [7, 11) is 2.19. The van der Waals surface area contributed by atoms with Crippen LogP contribution in [0, 0.1) is 27.7 Å². The summed E-state index contributed by atoms with van der Waals surface area (Å²) in [5, 5.41) is 0. The first-order chi connectivity index (χ1) is 8.00. The molecule has 2 heterocycles. The highest BCUT2D eigenvalue weighted by atomic mass is 15.1. The number of likely N-dealkylation sites (tertiary alicyclic amines) is 1. The van der Waals surface area contributed by atoms with Crippen molar-refractivity contribution in [3.05, 3.63) is 22.8 Å². The summed E-state index contributed by atoms with van der Waals surface area (Å²) < 4.78 is 0. The number of piperidine rings is 1. The third kappa shape index (κ3) is 4.82. The Morgan fingerprint density at radius 3 is 1.29 bits per heavy atom. The Balaban J connectivity index is 0.000000181. The molecule has 3 heteroatoms. The van der Waals surface area contributed by atoms with E-state index in [0.717, 1.165) is 22.8 Å². The van der Waals surface area contributed by atoms with Crippen molar-refractivity contribution in [1.82, 2.24) is 14.9 Å². The molecule has 1 aromatic heterocycles. The Labute approximate surface area is 105 Å². The number of hydrogen-bond acceptors (Lipinski definition) is 3. The first-order valence-electron chi connectivity index (χ1n) is 6.47. The first kappa shape index (κ1) is 14.1. The topological polar surface area (TPSA) is 29.0 Å². The summed E-state index contributed by atoms with van der Waals surface area (Å²) >= 11 is 0. The van der Waals surface area contributed by atoms with Gasteiger partial charge in [-0.05, 0) is 60.7 Å². The molecule has 17 heavy (non-hydrogen) atoms. The molecule has 0 aromatic carbocycles. The van der Waals surface area contributed by atoms with E-state index in [1.807, 2.05) is 27.7 Å². The van der Waals surface area contributed by atoms with Gasteiger partial charge < -0.3 is 4.90 Å². The molecule has 0 amide bonds. The molecule has 0 spiro atoms. The quantitative estimate of drug-likeness (QED) is 0.692. The minimum atomic E-state index is 1.03. The van der Waals surface area contributed by atoms with E-state index in [2.05, 4.69) is 21.9 Å². The molecule has 0 unspecified atom stereocenters. The summed E-state index contributed by atoms with van der Waals surface area (Å²) in [5.74, 6) is 0. The van der Waals surface area contributed by atoms with Gasteiger partial charge in [-0.15, -0.1) is 0 Å². The van der Waals surface area contributed by atoms with Crippen molar-refractivity contribution in [2.75, 3.05) is 20.1 Å². The van der Waals surface area contributed by atoms with E-state index in [-0.39, 0.29) is 0 Å². The van der Waals surface area contributed by atoms with Gasteiger partial charge in [-0.1, -0.05) is 6.42 Å². The van der Waals surface area contributed by atoms with Crippen LogP contribution >= 0.6 is 0 Å². The van der Waals surface area contributed by atoms with Gasteiger partial charge in [0.1, 0.15) is 0 Å². The zero-order valence-corrected chi connectivity index (χ0v) is 11.9. The standard InChI is InChI=1S/C8H12N2.C6H13N/c1-5-6(2)10-8(4)7(3)9-5;1-7-5-3-2-4-6-7/h1-4H3;2-6H2,1H3. The van der Waals surface area contributed by atoms with Gasteiger partial charge in [0.25, 0.3) is 0 Å².